The first-order valence-corrected chi connectivity index (χ1v) is 13.1. The third kappa shape index (κ3) is 5.08. The van der Waals surface area contributed by atoms with Crippen LogP contribution in [0.1, 0.15) is 61.9 Å². The van der Waals surface area contributed by atoms with E-state index in [9.17, 15) is 27.2 Å². The smallest absolute Gasteiger partial charge is 0.417 e. The number of alkyl halides is 3. The Balaban J connectivity index is 1.20. The van der Waals surface area contributed by atoms with Crippen molar-refractivity contribution in [2.45, 2.75) is 81.3 Å². The number of rotatable bonds is 6. The monoisotopic (exact) mass is 553 g/mol. The van der Waals surface area contributed by atoms with Crippen LogP contribution in [0.15, 0.2) is 18.3 Å². The second-order valence-electron chi connectivity index (χ2n) is 10.6. The number of halogens is 4. The third-order valence-electron chi connectivity index (χ3n) is 8.51. The average Bonchev–Trinajstić information content (AvgIpc) is 3.50. The first kappa shape index (κ1) is 27.4. The molecule has 2 bridgehead atoms. The zero-order valence-corrected chi connectivity index (χ0v) is 21.7. The molecule has 13 heteroatoms. The second-order valence-corrected chi connectivity index (χ2v) is 10.6. The van der Waals surface area contributed by atoms with Crippen molar-refractivity contribution in [3.05, 3.63) is 29.8 Å². The number of fused-ring (bicyclic) bond motifs is 2. The van der Waals surface area contributed by atoms with E-state index in [1.165, 1.54) is 19.2 Å². The van der Waals surface area contributed by atoms with Crippen molar-refractivity contribution in [3.63, 3.8) is 0 Å². The lowest BCUT2D eigenvalue weighted by Crippen LogP contribution is -2.54. The van der Waals surface area contributed by atoms with Gasteiger partial charge >= 0.3 is 6.18 Å². The van der Waals surface area contributed by atoms with E-state index in [-0.39, 0.29) is 84.4 Å². The number of methoxy groups -OCH3 is 2. The molecule has 1 aliphatic carbocycles. The van der Waals surface area contributed by atoms with Crippen molar-refractivity contribution in [1.82, 2.24) is 25.4 Å². The van der Waals surface area contributed by atoms with Crippen LogP contribution in [0.3, 0.4) is 0 Å². The molecule has 0 radical (unpaired) electrons. The SMILES string of the molecule is COc1cc(-c2cc(C(=O)N3C4CC[C@H]3CC(C(=O)NC3CCC(OC)(C(F)(F)F)CC3)C4)[nH]n2)c(F)cn1. The van der Waals surface area contributed by atoms with E-state index in [1.807, 2.05) is 0 Å². The van der Waals surface area contributed by atoms with Gasteiger partial charge in [0.15, 0.2) is 11.4 Å². The van der Waals surface area contributed by atoms with Crippen molar-refractivity contribution >= 4 is 11.8 Å². The number of hydrogen-bond acceptors (Lipinski definition) is 6. The molecule has 2 aromatic rings. The van der Waals surface area contributed by atoms with Crippen LogP contribution in [-0.2, 0) is 9.53 Å². The van der Waals surface area contributed by atoms with E-state index in [4.69, 9.17) is 9.47 Å². The highest BCUT2D eigenvalue weighted by Gasteiger charge is 2.56. The number of carbonyl (C=O) groups excluding carboxylic acids is 2. The minimum atomic E-state index is -4.45. The molecule has 39 heavy (non-hydrogen) atoms. The van der Waals surface area contributed by atoms with Gasteiger partial charge in [-0.15, -0.1) is 0 Å². The Morgan fingerprint density at radius 2 is 1.77 bits per heavy atom. The first-order valence-electron chi connectivity index (χ1n) is 13.1. The van der Waals surface area contributed by atoms with Crippen LogP contribution < -0.4 is 10.1 Å². The number of nitrogens with one attached hydrogen (secondary N) is 2. The van der Waals surface area contributed by atoms with Crippen LogP contribution in [0.25, 0.3) is 11.3 Å². The largest absolute Gasteiger partial charge is 0.481 e. The summed E-state index contributed by atoms with van der Waals surface area (Å²) in [7, 11) is 2.49. The Kier molecular flexibility index (Phi) is 7.29. The molecular weight excluding hydrogens is 522 g/mol. The molecule has 3 atom stereocenters. The number of carbonyl (C=O) groups is 2. The van der Waals surface area contributed by atoms with Crippen molar-refractivity contribution < 1.29 is 36.6 Å². The van der Waals surface area contributed by atoms with Gasteiger partial charge in [0, 0.05) is 42.8 Å². The summed E-state index contributed by atoms with van der Waals surface area (Å²) in [4.78, 5) is 32.1. The normalized spacial score (nSPS) is 28.8. The van der Waals surface area contributed by atoms with E-state index < -0.39 is 17.6 Å². The Morgan fingerprint density at radius 1 is 1.10 bits per heavy atom. The molecule has 212 valence electrons. The molecule has 2 N–H and O–H groups in total. The number of pyridine rings is 1. The first-order chi connectivity index (χ1) is 18.5. The summed E-state index contributed by atoms with van der Waals surface area (Å²) >= 11 is 0. The van der Waals surface area contributed by atoms with E-state index in [0.29, 0.717) is 12.8 Å². The lowest BCUT2D eigenvalue weighted by molar-refractivity contribution is -0.280. The van der Waals surface area contributed by atoms with Crippen molar-refractivity contribution in [1.29, 1.82) is 0 Å². The van der Waals surface area contributed by atoms with Gasteiger partial charge in [-0.1, -0.05) is 0 Å². The Hall–Kier alpha value is -3.22. The maximum absolute atomic E-state index is 14.3. The summed E-state index contributed by atoms with van der Waals surface area (Å²) in [5.74, 6) is -1.15. The Labute approximate surface area is 222 Å². The molecule has 3 fully saturated rings. The van der Waals surface area contributed by atoms with Crippen molar-refractivity contribution in [3.8, 4) is 17.1 Å². The molecule has 2 unspecified atom stereocenters. The number of aromatic nitrogens is 3. The van der Waals surface area contributed by atoms with E-state index in [1.54, 1.807) is 4.90 Å². The van der Waals surface area contributed by atoms with Crippen molar-refractivity contribution in [2.24, 2.45) is 5.92 Å². The molecule has 5 rings (SSSR count). The van der Waals surface area contributed by atoms with Crippen LogP contribution in [0.4, 0.5) is 17.6 Å². The predicted molar refractivity (Wildman–Crippen MR) is 130 cm³/mol. The summed E-state index contributed by atoms with van der Waals surface area (Å²) in [6.45, 7) is 0. The van der Waals surface area contributed by atoms with Crippen molar-refractivity contribution in [2.75, 3.05) is 14.2 Å². The maximum Gasteiger partial charge on any atom is 0.417 e. The highest BCUT2D eigenvalue weighted by Crippen LogP contribution is 2.44. The molecule has 2 aromatic heterocycles. The topological polar surface area (TPSA) is 109 Å². The fourth-order valence-corrected chi connectivity index (χ4v) is 6.31. The highest BCUT2D eigenvalue weighted by molar-refractivity contribution is 5.94. The highest BCUT2D eigenvalue weighted by atomic mass is 19.4. The number of aromatic amines is 1. The van der Waals surface area contributed by atoms with Gasteiger partial charge in [-0.25, -0.2) is 9.37 Å². The molecular formula is C26H31F4N5O4. The van der Waals surface area contributed by atoms with E-state index in [2.05, 4.69) is 20.5 Å². The van der Waals surface area contributed by atoms with Gasteiger partial charge in [-0.05, 0) is 57.4 Å². The number of ether oxygens (including phenoxy) is 2. The molecule has 2 saturated heterocycles. The molecule has 0 aromatic carbocycles. The summed E-state index contributed by atoms with van der Waals surface area (Å²) < 4.78 is 64.6. The van der Waals surface area contributed by atoms with Crippen LogP contribution in [-0.4, -0.2) is 76.0 Å². The zero-order valence-electron chi connectivity index (χ0n) is 21.7. The third-order valence-corrected chi connectivity index (χ3v) is 8.51. The van der Waals surface area contributed by atoms with E-state index in [0.717, 1.165) is 26.1 Å². The summed E-state index contributed by atoms with van der Waals surface area (Å²) in [5, 5.41) is 9.77. The standard InChI is InChI=1S/C26H31F4N5O4/c1-38-22-11-18(19(27)13-31-22)20-12-21(34-33-20)24(37)35-16-3-4-17(35)10-14(9-16)23(36)32-15-5-7-25(39-2,8-6-15)26(28,29)30/h11-17H,3-10H2,1-2H3,(H,32,36)(H,33,34)/t14?,15?,16-,17?,25?/m0/s1. The molecule has 0 spiro atoms. The quantitative estimate of drug-likeness (QED) is 0.524. The van der Waals surface area contributed by atoms with Gasteiger partial charge in [-0.2, -0.15) is 18.3 Å². The number of piperidine rings is 1. The summed E-state index contributed by atoms with van der Waals surface area (Å²) in [6.07, 6.45) is -0.986. The molecule has 4 heterocycles. The fraction of sp³-hybridized carbons (Fsp3) is 0.615. The maximum atomic E-state index is 14.3. The molecule has 9 nitrogen and oxygen atoms in total. The van der Waals surface area contributed by atoms with Gasteiger partial charge in [-0.3, -0.25) is 14.7 Å². The molecule has 3 aliphatic rings. The fourth-order valence-electron chi connectivity index (χ4n) is 6.31. The van der Waals surface area contributed by atoms with E-state index >= 15 is 0 Å². The zero-order chi connectivity index (χ0) is 27.9. The number of H-pyrrole nitrogens is 1. The summed E-state index contributed by atoms with van der Waals surface area (Å²) in [6, 6.07) is 2.26. The minimum absolute atomic E-state index is 0.144. The van der Waals surface area contributed by atoms with Gasteiger partial charge in [0.1, 0.15) is 5.69 Å². The van der Waals surface area contributed by atoms with Gasteiger partial charge in [0.2, 0.25) is 11.8 Å². The van der Waals surface area contributed by atoms with Crippen LogP contribution in [0.5, 0.6) is 5.88 Å². The lowest BCUT2D eigenvalue weighted by Gasteiger charge is -2.41. The van der Waals surface area contributed by atoms with Crippen LogP contribution in [0, 0.1) is 11.7 Å². The van der Waals surface area contributed by atoms with Gasteiger partial charge in [0.25, 0.3) is 5.91 Å². The second kappa shape index (κ2) is 10.4. The predicted octanol–water partition coefficient (Wildman–Crippen LogP) is 4.01. The number of nitrogens with zero attached hydrogens (tertiary/aromatic N) is 3. The minimum Gasteiger partial charge on any atom is -0.481 e. The number of amides is 2. The summed E-state index contributed by atoms with van der Waals surface area (Å²) in [5.41, 5.74) is -1.54. The molecule has 2 aliphatic heterocycles. The average molecular weight is 554 g/mol. The van der Waals surface area contributed by atoms with Gasteiger partial charge in [0.05, 0.1) is 19.0 Å². The molecule has 1 saturated carbocycles. The van der Waals surface area contributed by atoms with Crippen LogP contribution in [0.2, 0.25) is 0 Å². The number of hydrogen-bond donors (Lipinski definition) is 2. The Bertz CT molecular complexity index is 1210. The Morgan fingerprint density at radius 3 is 2.36 bits per heavy atom. The van der Waals surface area contributed by atoms with Crippen LogP contribution >= 0.6 is 0 Å². The molecule has 2 amide bonds. The lowest BCUT2D eigenvalue weighted by atomic mass is 9.81. The van der Waals surface area contributed by atoms with Gasteiger partial charge < -0.3 is 19.7 Å².